The minimum absolute atomic E-state index is 0.0189. The number of carbonyl (C=O) groups excluding carboxylic acids is 2. The van der Waals surface area contributed by atoms with E-state index < -0.39 is 21.8 Å². The Morgan fingerprint density at radius 1 is 1.14 bits per heavy atom. The van der Waals surface area contributed by atoms with E-state index in [1.807, 2.05) is 6.08 Å². The fourth-order valence-electron chi connectivity index (χ4n) is 6.88. The van der Waals surface area contributed by atoms with Crippen molar-refractivity contribution in [3.8, 4) is 0 Å². The van der Waals surface area contributed by atoms with Crippen LogP contribution in [0.2, 0.25) is 0 Å². The molecule has 6 unspecified atom stereocenters. The molecule has 0 aromatic heterocycles. The molecule has 4 rings (SSSR count). The lowest BCUT2D eigenvalue weighted by molar-refractivity contribution is -0.155. The first-order valence-corrected chi connectivity index (χ1v) is 12.6. The van der Waals surface area contributed by atoms with Crippen molar-refractivity contribution >= 4 is 21.9 Å². The minimum atomic E-state index is -3.87. The Balaban J connectivity index is 1.45. The van der Waals surface area contributed by atoms with Gasteiger partial charge in [-0.1, -0.05) is 12.5 Å². The van der Waals surface area contributed by atoms with Crippen molar-refractivity contribution in [2.45, 2.75) is 71.3 Å². The molecule has 0 N–H and O–H groups in total. The highest BCUT2D eigenvalue weighted by Crippen LogP contribution is 2.62. The average Bonchev–Trinajstić information content (AvgIpc) is 2.97. The predicted octanol–water partition coefficient (Wildman–Crippen LogP) is 3.41. The Morgan fingerprint density at radius 3 is 2.69 bits per heavy atom. The van der Waals surface area contributed by atoms with Gasteiger partial charge in [-0.05, 0) is 81.6 Å². The van der Waals surface area contributed by atoms with E-state index in [1.54, 1.807) is 6.92 Å². The van der Waals surface area contributed by atoms with Gasteiger partial charge in [-0.3, -0.25) is 13.8 Å². The second-order valence-electron chi connectivity index (χ2n) is 9.51. The van der Waals surface area contributed by atoms with Gasteiger partial charge in [0.15, 0.2) is 11.5 Å². The van der Waals surface area contributed by atoms with Crippen molar-refractivity contribution < 1.29 is 26.9 Å². The molecule has 7 heteroatoms. The topological polar surface area (TPSA) is 86.7 Å². The summed E-state index contributed by atoms with van der Waals surface area (Å²) in [5.74, 6) is 1.16. The summed E-state index contributed by atoms with van der Waals surface area (Å²) in [6.45, 7) is 3.83. The number of carbonyl (C=O) groups is 2. The van der Waals surface area contributed by atoms with Crippen LogP contribution in [0.25, 0.3) is 0 Å². The van der Waals surface area contributed by atoms with Gasteiger partial charge in [-0.15, -0.1) is 0 Å². The molecule has 162 valence electrons. The van der Waals surface area contributed by atoms with Crippen molar-refractivity contribution in [3.05, 3.63) is 11.6 Å². The highest BCUT2D eigenvalue weighted by atomic mass is 32.2. The first kappa shape index (κ1) is 21.0. The highest BCUT2D eigenvalue weighted by molar-refractivity contribution is 7.87. The maximum absolute atomic E-state index is 12.3. The number of hydrogen-bond acceptors (Lipinski definition) is 6. The van der Waals surface area contributed by atoms with Gasteiger partial charge in [0.2, 0.25) is 0 Å². The Labute approximate surface area is 173 Å². The first-order valence-electron chi connectivity index (χ1n) is 11.0. The van der Waals surface area contributed by atoms with Crippen LogP contribution in [0.3, 0.4) is 0 Å². The van der Waals surface area contributed by atoms with E-state index in [9.17, 15) is 18.0 Å². The average molecular weight is 425 g/mol. The van der Waals surface area contributed by atoms with Crippen LogP contribution in [0.1, 0.15) is 65.2 Å². The predicted molar refractivity (Wildman–Crippen MR) is 107 cm³/mol. The first-order chi connectivity index (χ1) is 13.7. The molecule has 0 aliphatic heterocycles. The molecule has 29 heavy (non-hydrogen) atoms. The normalized spacial score (nSPS) is 39.2. The summed E-state index contributed by atoms with van der Waals surface area (Å²) < 4.78 is 33.9. The maximum atomic E-state index is 12.3. The largest absolute Gasteiger partial charge is 0.461 e. The van der Waals surface area contributed by atoms with Crippen molar-refractivity contribution in [2.24, 2.45) is 29.1 Å². The summed E-state index contributed by atoms with van der Waals surface area (Å²) in [4.78, 5) is 24.1. The Kier molecular flexibility index (Phi) is 5.66. The van der Waals surface area contributed by atoms with E-state index in [1.165, 1.54) is 5.57 Å². The molecule has 0 spiro atoms. The Morgan fingerprint density at radius 2 is 1.93 bits per heavy atom. The van der Waals surface area contributed by atoms with Crippen LogP contribution in [0.5, 0.6) is 0 Å². The van der Waals surface area contributed by atoms with Gasteiger partial charge >= 0.3 is 5.97 Å². The zero-order chi connectivity index (χ0) is 20.8. The molecule has 4 aliphatic rings. The second kappa shape index (κ2) is 7.80. The molecule has 0 aromatic rings. The Bertz CT molecular complexity index is 815. The standard InChI is InChI=1S/C22H32O6S/c1-3-27-29(25,26)13-21(24)28-20-9-8-19-18-6-4-14-12-15(23)5-7-16(14)17(18)10-11-22(19,20)2/h12,16-20H,3-11,13H2,1-2H3. The van der Waals surface area contributed by atoms with Gasteiger partial charge in [0.05, 0.1) is 6.61 Å². The summed E-state index contributed by atoms with van der Waals surface area (Å²) in [5.41, 5.74) is 1.28. The zero-order valence-electron chi connectivity index (χ0n) is 17.4. The smallest absolute Gasteiger partial charge is 0.323 e. The number of rotatable bonds is 5. The van der Waals surface area contributed by atoms with Crippen molar-refractivity contribution in [1.82, 2.24) is 0 Å². The molecule has 0 bridgehead atoms. The Hall–Kier alpha value is -1.21. The summed E-state index contributed by atoms with van der Waals surface area (Å²) in [6, 6.07) is 0. The molecule has 0 amide bonds. The third-order valence-electron chi connectivity index (χ3n) is 8.08. The summed E-state index contributed by atoms with van der Waals surface area (Å²) in [7, 11) is -3.87. The van der Waals surface area contributed by atoms with Gasteiger partial charge in [0, 0.05) is 11.8 Å². The SMILES string of the molecule is CCOS(=O)(=O)CC(=O)OC1CCC2C3CCC4=CC(=O)CCC4C3CCC12C. The highest BCUT2D eigenvalue weighted by Gasteiger charge is 2.57. The molecule has 0 radical (unpaired) electrons. The molecule has 3 fully saturated rings. The zero-order valence-corrected chi connectivity index (χ0v) is 18.2. The molecule has 0 aromatic carbocycles. The van der Waals surface area contributed by atoms with Crippen molar-refractivity contribution in [3.63, 3.8) is 0 Å². The van der Waals surface area contributed by atoms with E-state index in [2.05, 4.69) is 11.1 Å². The van der Waals surface area contributed by atoms with E-state index in [0.717, 1.165) is 44.9 Å². The molecule has 6 atom stereocenters. The van der Waals surface area contributed by atoms with Crippen LogP contribution in [0.4, 0.5) is 0 Å². The number of ketones is 1. The molecule has 4 aliphatic carbocycles. The molecular weight excluding hydrogens is 392 g/mol. The van der Waals surface area contributed by atoms with Crippen LogP contribution >= 0.6 is 0 Å². The van der Waals surface area contributed by atoms with Gasteiger partial charge in [0.25, 0.3) is 10.1 Å². The second-order valence-corrected chi connectivity index (χ2v) is 11.2. The minimum Gasteiger partial charge on any atom is -0.461 e. The number of ether oxygens (including phenoxy) is 1. The van der Waals surface area contributed by atoms with Crippen LogP contribution in [-0.4, -0.2) is 38.6 Å². The fourth-order valence-corrected chi connectivity index (χ4v) is 7.68. The lowest BCUT2D eigenvalue weighted by atomic mass is 9.52. The lowest BCUT2D eigenvalue weighted by Gasteiger charge is -2.53. The van der Waals surface area contributed by atoms with E-state index in [-0.39, 0.29) is 23.9 Å². The molecule has 3 saturated carbocycles. The van der Waals surface area contributed by atoms with Gasteiger partial charge in [-0.2, -0.15) is 8.42 Å². The molecule has 0 saturated heterocycles. The number of esters is 1. The molecular formula is C22H32O6S. The van der Waals surface area contributed by atoms with Gasteiger partial charge < -0.3 is 4.74 Å². The van der Waals surface area contributed by atoms with E-state index in [4.69, 9.17) is 4.74 Å². The van der Waals surface area contributed by atoms with Gasteiger partial charge in [-0.25, -0.2) is 0 Å². The summed E-state index contributed by atoms with van der Waals surface area (Å²) in [6.07, 6.45) is 9.40. The van der Waals surface area contributed by atoms with Crippen LogP contribution in [0.15, 0.2) is 11.6 Å². The quantitative estimate of drug-likeness (QED) is 0.497. The third kappa shape index (κ3) is 3.92. The maximum Gasteiger partial charge on any atom is 0.323 e. The van der Waals surface area contributed by atoms with Crippen LogP contribution < -0.4 is 0 Å². The van der Waals surface area contributed by atoms with Crippen LogP contribution in [0, 0.1) is 29.1 Å². The summed E-state index contributed by atoms with van der Waals surface area (Å²) >= 11 is 0. The fraction of sp³-hybridized carbons (Fsp3) is 0.818. The van der Waals surface area contributed by atoms with Crippen molar-refractivity contribution in [1.29, 1.82) is 0 Å². The monoisotopic (exact) mass is 424 g/mol. The number of allylic oxidation sites excluding steroid dienone is 1. The number of hydrogen-bond donors (Lipinski definition) is 0. The van der Waals surface area contributed by atoms with Crippen LogP contribution in [-0.2, 0) is 28.6 Å². The lowest BCUT2D eigenvalue weighted by Crippen LogP contribution is -2.48. The van der Waals surface area contributed by atoms with Gasteiger partial charge in [0.1, 0.15) is 6.10 Å². The third-order valence-corrected chi connectivity index (χ3v) is 9.26. The number of fused-ring (bicyclic) bond motifs is 5. The van der Waals surface area contributed by atoms with Crippen molar-refractivity contribution in [2.75, 3.05) is 12.4 Å². The molecule has 6 nitrogen and oxygen atoms in total. The summed E-state index contributed by atoms with van der Waals surface area (Å²) in [5, 5.41) is 0. The van der Waals surface area contributed by atoms with E-state index in [0.29, 0.717) is 30.1 Å². The van der Waals surface area contributed by atoms with E-state index >= 15 is 0 Å². The molecule has 0 heterocycles.